The molecule has 0 aliphatic carbocycles. The van der Waals surface area contributed by atoms with E-state index in [1.165, 1.54) is 0 Å². The maximum Gasteiger partial charge on any atom is 0.240 e. The molecule has 3 aromatic rings. The highest BCUT2D eigenvalue weighted by molar-refractivity contribution is 7.08. The predicted octanol–water partition coefficient (Wildman–Crippen LogP) is 2.30. The van der Waals surface area contributed by atoms with Crippen molar-refractivity contribution in [2.24, 2.45) is 5.92 Å². The van der Waals surface area contributed by atoms with E-state index in [9.17, 15) is 0 Å². The van der Waals surface area contributed by atoms with Crippen molar-refractivity contribution < 1.29 is 4.52 Å². The number of nitrogens with one attached hydrogen (secondary N) is 1. The lowest BCUT2D eigenvalue weighted by Crippen LogP contribution is -2.30. The van der Waals surface area contributed by atoms with E-state index < -0.39 is 0 Å². The number of hydrogen-bond donors (Lipinski definition) is 1. The van der Waals surface area contributed by atoms with Gasteiger partial charge >= 0.3 is 0 Å². The number of aromatic nitrogens is 5. The Morgan fingerprint density at radius 2 is 2.38 bits per heavy atom. The second-order valence-corrected chi connectivity index (χ2v) is 6.84. The molecule has 0 radical (unpaired) electrons. The Morgan fingerprint density at radius 3 is 3.21 bits per heavy atom. The van der Waals surface area contributed by atoms with E-state index in [2.05, 4.69) is 37.1 Å². The van der Waals surface area contributed by atoms with Gasteiger partial charge in [-0.05, 0) is 23.8 Å². The van der Waals surface area contributed by atoms with Gasteiger partial charge in [0.15, 0.2) is 0 Å². The minimum Gasteiger partial charge on any atom is -0.338 e. The molecule has 7 nitrogen and oxygen atoms in total. The third kappa shape index (κ3) is 3.11. The van der Waals surface area contributed by atoms with Crippen LogP contribution in [-0.2, 0) is 25.9 Å². The third-order valence-electron chi connectivity index (χ3n) is 4.39. The van der Waals surface area contributed by atoms with Crippen LogP contribution in [0.1, 0.15) is 30.9 Å². The number of thiophene rings is 1. The molecule has 1 aliphatic heterocycles. The summed E-state index contributed by atoms with van der Waals surface area (Å²) in [5.74, 6) is 4.09. The zero-order valence-corrected chi connectivity index (χ0v) is 14.4. The molecule has 1 aliphatic rings. The molecule has 4 rings (SSSR count). The van der Waals surface area contributed by atoms with Crippen LogP contribution in [0, 0.1) is 5.92 Å². The lowest BCUT2D eigenvalue weighted by molar-refractivity contribution is 0.324. The molecule has 1 atom stereocenters. The fourth-order valence-electron chi connectivity index (χ4n) is 3.10. The Bertz CT molecular complexity index is 780. The van der Waals surface area contributed by atoms with Gasteiger partial charge in [-0.1, -0.05) is 12.1 Å². The minimum absolute atomic E-state index is 0.582. The lowest BCUT2D eigenvalue weighted by atomic mass is 9.99. The van der Waals surface area contributed by atoms with Gasteiger partial charge in [0, 0.05) is 36.9 Å². The van der Waals surface area contributed by atoms with Crippen LogP contribution in [0.2, 0.25) is 0 Å². The monoisotopic (exact) mass is 344 g/mol. The summed E-state index contributed by atoms with van der Waals surface area (Å²) in [6, 6.07) is 2.00. The van der Waals surface area contributed by atoms with Gasteiger partial charge in [-0.2, -0.15) is 16.3 Å². The van der Waals surface area contributed by atoms with E-state index in [1.54, 1.807) is 11.3 Å². The summed E-state index contributed by atoms with van der Waals surface area (Å²) in [7, 11) is 0. The average molecular weight is 344 g/mol. The maximum atomic E-state index is 5.31. The van der Waals surface area contributed by atoms with Crippen molar-refractivity contribution in [3.8, 4) is 11.4 Å². The van der Waals surface area contributed by atoms with Gasteiger partial charge in [0.2, 0.25) is 11.7 Å². The van der Waals surface area contributed by atoms with E-state index in [0.717, 1.165) is 49.6 Å². The quantitative estimate of drug-likeness (QED) is 0.739. The molecule has 0 saturated heterocycles. The highest BCUT2D eigenvalue weighted by atomic mass is 32.1. The first kappa shape index (κ1) is 15.5. The van der Waals surface area contributed by atoms with Crippen molar-refractivity contribution in [2.45, 2.75) is 39.3 Å². The maximum absolute atomic E-state index is 5.31. The SMILES string of the molecule is CCc1nnc2n1C[C@@H](CNCc1nc(-c3ccsc3)no1)CC2. The van der Waals surface area contributed by atoms with Crippen LogP contribution < -0.4 is 5.32 Å². The first-order valence-electron chi connectivity index (χ1n) is 8.30. The van der Waals surface area contributed by atoms with Crippen molar-refractivity contribution in [1.29, 1.82) is 0 Å². The van der Waals surface area contributed by atoms with Crippen molar-refractivity contribution >= 4 is 11.3 Å². The van der Waals surface area contributed by atoms with Crippen LogP contribution >= 0.6 is 11.3 Å². The molecule has 0 aromatic carbocycles. The van der Waals surface area contributed by atoms with E-state index >= 15 is 0 Å². The average Bonchev–Trinajstić information content (AvgIpc) is 3.34. The number of hydrogen-bond acceptors (Lipinski definition) is 7. The third-order valence-corrected chi connectivity index (χ3v) is 5.08. The molecule has 0 unspecified atom stereocenters. The summed E-state index contributed by atoms with van der Waals surface area (Å²) >= 11 is 1.63. The first-order chi connectivity index (χ1) is 11.8. The smallest absolute Gasteiger partial charge is 0.240 e. The molecule has 126 valence electrons. The minimum atomic E-state index is 0.582. The summed E-state index contributed by atoms with van der Waals surface area (Å²) < 4.78 is 7.59. The lowest BCUT2D eigenvalue weighted by Gasteiger charge is -2.24. The fraction of sp³-hybridized carbons (Fsp3) is 0.500. The molecule has 0 bridgehead atoms. The molecule has 3 aromatic heterocycles. The number of rotatable bonds is 6. The molecular weight excluding hydrogens is 324 g/mol. The van der Waals surface area contributed by atoms with Crippen molar-refractivity contribution in [3.63, 3.8) is 0 Å². The summed E-state index contributed by atoms with van der Waals surface area (Å²) in [5.41, 5.74) is 1.01. The molecule has 4 heterocycles. The van der Waals surface area contributed by atoms with E-state index in [-0.39, 0.29) is 0 Å². The summed E-state index contributed by atoms with van der Waals surface area (Å²) in [6.45, 7) is 4.64. The summed E-state index contributed by atoms with van der Waals surface area (Å²) in [5, 5.41) is 20.0. The molecule has 0 amide bonds. The fourth-order valence-corrected chi connectivity index (χ4v) is 3.73. The van der Waals surface area contributed by atoms with Crippen LogP contribution in [-0.4, -0.2) is 31.4 Å². The normalized spacial score (nSPS) is 17.1. The van der Waals surface area contributed by atoms with E-state index in [4.69, 9.17) is 4.52 Å². The van der Waals surface area contributed by atoms with Crippen molar-refractivity contribution in [2.75, 3.05) is 6.54 Å². The van der Waals surface area contributed by atoms with E-state index in [1.807, 2.05) is 16.8 Å². The van der Waals surface area contributed by atoms with E-state index in [0.29, 0.717) is 24.2 Å². The van der Waals surface area contributed by atoms with Crippen LogP contribution in [0.15, 0.2) is 21.3 Å². The van der Waals surface area contributed by atoms with Crippen LogP contribution in [0.5, 0.6) is 0 Å². The summed E-state index contributed by atoms with van der Waals surface area (Å²) in [4.78, 5) is 4.43. The summed E-state index contributed by atoms with van der Waals surface area (Å²) in [6.07, 6.45) is 3.07. The highest BCUT2D eigenvalue weighted by Gasteiger charge is 2.22. The molecule has 0 saturated carbocycles. The van der Waals surface area contributed by atoms with Gasteiger partial charge in [-0.15, -0.1) is 10.2 Å². The largest absolute Gasteiger partial charge is 0.338 e. The van der Waals surface area contributed by atoms with Crippen molar-refractivity contribution in [1.82, 2.24) is 30.2 Å². The molecule has 1 N–H and O–H groups in total. The van der Waals surface area contributed by atoms with Gasteiger partial charge in [0.25, 0.3) is 0 Å². The Morgan fingerprint density at radius 1 is 1.42 bits per heavy atom. The number of fused-ring (bicyclic) bond motifs is 1. The molecule has 0 spiro atoms. The topological polar surface area (TPSA) is 81.7 Å². The first-order valence-corrected chi connectivity index (χ1v) is 9.24. The highest BCUT2D eigenvalue weighted by Crippen LogP contribution is 2.20. The Kier molecular flexibility index (Phi) is 4.40. The molecule has 24 heavy (non-hydrogen) atoms. The molecular formula is C16H20N6OS. The van der Waals surface area contributed by atoms with Gasteiger partial charge < -0.3 is 14.4 Å². The molecule has 0 fully saturated rings. The predicted molar refractivity (Wildman–Crippen MR) is 90.5 cm³/mol. The van der Waals surface area contributed by atoms with Crippen LogP contribution in [0.4, 0.5) is 0 Å². The zero-order chi connectivity index (χ0) is 16.4. The van der Waals surface area contributed by atoms with Gasteiger partial charge in [-0.25, -0.2) is 0 Å². The second kappa shape index (κ2) is 6.82. The van der Waals surface area contributed by atoms with Gasteiger partial charge in [-0.3, -0.25) is 0 Å². The Labute approximate surface area is 144 Å². The van der Waals surface area contributed by atoms with Gasteiger partial charge in [0.05, 0.1) is 6.54 Å². The Hall–Kier alpha value is -2.06. The van der Waals surface area contributed by atoms with Gasteiger partial charge in [0.1, 0.15) is 11.6 Å². The number of aryl methyl sites for hydroxylation is 2. The zero-order valence-electron chi connectivity index (χ0n) is 13.6. The Balaban J connectivity index is 1.30. The second-order valence-electron chi connectivity index (χ2n) is 6.06. The standard InChI is InChI=1S/C16H20N6OS/c1-2-13-19-20-14-4-3-11(9-22(13)14)7-17-8-15-18-16(21-23-15)12-5-6-24-10-12/h5-6,10-11,17H,2-4,7-9H2,1H3/t11-/m1/s1. The van der Waals surface area contributed by atoms with Crippen molar-refractivity contribution in [3.05, 3.63) is 34.4 Å². The van der Waals surface area contributed by atoms with Crippen LogP contribution in [0.3, 0.4) is 0 Å². The number of nitrogens with zero attached hydrogens (tertiary/aromatic N) is 5. The molecule has 8 heteroatoms. The van der Waals surface area contributed by atoms with Crippen LogP contribution in [0.25, 0.3) is 11.4 Å².